The molecular weight excluding hydrogens is 204 g/mol. The SMILES string of the molecule is CC(CN)(NCCCCCO)C1CCOC1. The predicted molar refractivity (Wildman–Crippen MR) is 65.3 cm³/mol. The molecule has 1 rings (SSSR count). The van der Waals surface area contributed by atoms with Gasteiger partial charge in [0, 0.05) is 31.2 Å². The molecule has 4 heteroatoms. The topological polar surface area (TPSA) is 67.5 Å². The number of aliphatic hydroxyl groups is 1. The van der Waals surface area contributed by atoms with E-state index in [4.69, 9.17) is 15.6 Å². The quantitative estimate of drug-likeness (QED) is 0.531. The number of aliphatic hydroxyl groups excluding tert-OH is 1. The van der Waals surface area contributed by atoms with Crippen LogP contribution in [0.3, 0.4) is 0 Å². The monoisotopic (exact) mass is 230 g/mol. The Hall–Kier alpha value is -0.160. The van der Waals surface area contributed by atoms with Gasteiger partial charge in [0.05, 0.1) is 6.61 Å². The van der Waals surface area contributed by atoms with Crippen LogP contribution in [0.2, 0.25) is 0 Å². The van der Waals surface area contributed by atoms with Gasteiger partial charge in [0.25, 0.3) is 0 Å². The third-order valence-corrected chi connectivity index (χ3v) is 3.62. The highest BCUT2D eigenvalue weighted by Gasteiger charge is 2.34. The van der Waals surface area contributed by atoms with Crippen molar-refractivity contribution in [3.8, 4) is 0 Å². The fourth-order valence-corrected chi connectivity index (χ4v) is 2.21. The molecule has 1 aliphatic heterocycles. The van der Waals surface area contributed by atoms with Crippen LogP contribution in [0.25, 0.3) is 0 Å². The highest BCUT2D eigenvalue weighted by atomic mass is 16.5. The van der Waals surface area contributed by atoms with E-state index in [0.717, 1.165) is 45.4 Å². The Labute approximate surface area is 98.5 Å². The van der Waals surface area contributed by atoms with E-state index in [-0.39, 0.29) is 5.54 Å². The van der Waals surface area contributed by atoms with Crippen molar-refractivity contribution in [3.63, 3.8) is 0 Å². The lowest BCUT2D eigenvalue weighted by Gasteiger charge is -2.35. The maximum Gasteiger partial charge on any atom is 0.0513 e. The molecule has 1 heterocycles. The van der Waals surface area contributed by atoms with Gasteiger partial charge in [-0.1, -0.05) is 0 Å². The zero-order valence-electron chi connectivity index (χ0n) is 10.4. The smallest absolute Gasteiger partial charge is 0.0513 e. The van der Waals surface area contributed by atoms with Crippen LogP contribution < -0.4 is 11.1 Å². The number of hydrogen-bond acceptors (Lipinski definition) is 4. The summed E-state index contributed by atoms with van der Waals surface area (Å²) in [6, 6.07) is 0. The summed E-state index contributed by atoms with van der Waals surface area (Å²) in [5, 5.41) is 12.2. The van der Waals surface area contributed by atoms with Crippen molar-refractivity contribution in [2.75, 3.05) is 32.9 Å². The summed E-state index contributed by atoms with van der Waals surface area (Å²) in [5.41, 5.74) is 5.88. The third-order valence-electron chi connectivity index (χ3n) is 3.62. The van der Waals surface area contributed by atoms with Gasteiger partial charge >= 0.3 is 0 Å². The van der Waals surface area contributed by atoms with Crippen LogP contribution in [-0.2, 0) is 4.74 Å². The Balaban J connectivity index is 2.23. The molecule has 96 valence electrons. The fraction of sp³-hybridized carbons (Fsp3) is 1.00. The molecule has 1 saturated heterocycles. The maximum atomic E-state index is 8.69. The first-order chi connectivity index (χ1) is 7.73. The summed E-state index contributed by atoms with van der Waals surface area (Å²) in [6.45, 7) is 5.82. The van der Waals surface area contributed by atoms with Gasteiger partial charge in [-0.3, -0.25) is 0 Å². The van der Waals surface area contributed by atoms with E-state index in [0.29, 0.717) is 19.1 Å². The molecule has 4 nitrogen and oxygen atoms in total. The average Bonchev–Trinajstić information content (AvgIpc) is 2.82. The van der Waals surface area contributed by atoms with E-state index in [9.17, 15) is 0 Å². The number of nitrogens with two attached hydrogens (primary N) is 1. The summed E-state index contributed by atoms with van der Waals surface area (Å²) in [4.78, 5) is 0. The standard InChI is InChI=1S/C12H26N2O2/c1-12(10-13,11-5-8-16-9-11)14-6-3-2-4-7-15/h11,14-15H,2-10,13H2,1H3. The van der Waals surface area contributed by atoms with Crippen molar-refractivity contribution in [2.45, 2.75) is 38.1 Å². The lowest BCUT2D eigenvalue weighted by Crippen LogP contribution is -2.54. The van der Waals surface area contributed by atoms with Crippen LogP contribution in [0, 0.1) is 5.92 Å². The highest BCUT2D eigenvalue weighted by molar-refractivity contribution is 4.93. The van der Waals surface area contributed by atoms with Gasteiger partial charge in [0.2, 0.25) is 0 Å². The normalized spacial score (nSPS) is 24.6. The molecule has 0 aromatic heterocycles. The van der Waals surface area contributed by atoms with Gasteiger partial charge in [0.15, 0.2) is 0 Å². The molecule has 0 amide bonds. The largest absolute Gasteiger partial charge is 0.396 e. The lowest BCUT2D eigenvalue weighted by atomic mass is 9.85. The van der Waals surface area contributed by atoms with E-state index in [1.54, 1.807) is 0 Å². The summed E-state index contributed by atoms with van der Waals surface area (Å²) >= 11 is 0. The Morgan fingerprint density at radius 1 is 1.44 bits per heavy atom. The number of unbranched alkanes of at least 4 members (excludes halogenated alkanes) is 2. The molecule has 0 aliphatic carbocycles. The molecule has 1 fully saturated rings. The molecule has 2 atom stereocenters. The van der Waals surface area contributed by atoms with Crippen LogP contribution in [0.15, 0.2) is 0 Å². The molecule has 2 unspecified atom stereocenters. The average molecular weight is 230 g/mol. The third kappa shape index (κ3) is 4.01. The second-order valence-electron chi connectivity index (χ2n) is 4.89. The number of rotatable bonds is 8. The van der Waals surface area contributed by atoms with Crippen LogP contribution in [0.5, 0.6) is 0 Å². The summed E-state index contributed by atoms with van der Waals surface area (Å²) in [6.07, 6.45) is 4.18. The first kappa shape index (κ1) is 13.9. The molecule has 16 heavy (non-hydrogen) atoms. The first-order valence-corrected chi connectivity index (χ1v) is 6.36. The van der Waals surface area contributed by atoms with Crippen LogP contribution in [-0.4, -0.2) is 43.6 Å². The van der Waals surface area contributed by atoms with Crippen LogP contribution in [0.1, 0.15) is 32.6 Å². The Morgan fingerprint density at radius 2 is 2.25 bits per heavy atom. The molecule has 0 spiro atoms. The summed E-state index contributed by atoms with van der Waals surface area (Å²) in [7, 11) is 0. The van der Waals surface area contributed by atoms with Crippen molar-refractivity contribution in [1.82, 2.24) is 5.32 Å². The Bertz CT molecular complexity index is 184. The van der Waals surface area contributed by atoms with E-state index in [1.807, 2.05) is 0 Å². The maximum absolute atomic E-state index is 8.69. The van der Waals surface area contributed by atoms with E-state index in [1.165, 1.54) is 0 Å². The molecule has 1 aliphatic rings. The minimum Gasteiger partial charge on any atom is -0.396 e. The molecule has 0 saturated carbocycles. The van der Waals surface area contributed by atoms with E-state index < -0.39 is 0 Å². The second kappa shape index (κ2) is 7.22. The van der Waals surface area contributed by atoms with Crippen LogP contribution in [0.4, 0.5) is 0 Å². The first-order valence-electron chi connectivity index (χ1n) is 6.36. The molecule has 4 N–H and O–H groups in total. The van der Waals surface area contributed by atoms with Crippen molar-refractivity contribution >= 4 is 0 Å². The van der Waals surface area contributed by atoms with Crippen molar-refractivity contribution in [1.29, 1.82) is 0 Å². The number of ether oxygens (including phenoxy) is 1. The fourth-order valence-electron chi connectivity index (χ4n) is 2.21. The van der Waals surface area contributed by atoms with Crippen molar-refractivity contribution in [2.24, 2.45) is 11.7 Å². The van der Waals surface area contributed by atoms with Gasteiger partial charge < -0.3 is 20.9 Å². The molecule has 0 bridgehead atoms. The zero-order valence-corrected chi connectivity index (χ0v) is 10.4. The molecular formula is C12H26N2O2. The number of nitrogens with one attached hydrogen (secondary N) is 1. The summed E-state index contributed by atoms with van der Waals surface area (Å²) in [5.74, 6) is 0.537. The predicted octanol–water partition coefficient (Wildman–Crippen LogP) is 0.493. The van der Waals surface area contributed by atoms with E-state index in [2.05, 4.69) is 12.2 Å². The Morgan fingerprint density at radius 3 is 2.81 bits per heavy atom. The second-order valence-corrected chi connectivity index (χ2v) is 4.89. The van der Waals surface area contributed by atoms with Gasteiger partial charge in [-0.15, -0.1) is 0 Å². The molecule has 0 aromatic rings. The minimum absolute atomic E-state index is 0.00964. The molecule has 0 radical (unpaired) electrons. The zero-order chi connectivity index (χ0) is 11.9. The summed E-state index contributed by atoms with van der Waals surface area (Å²) < 4.78 is 5.42. The Kier molecular flexibility index (Phi) is 6.28. The lowest BCUT2D eigenvalue weighted by molar-refractivity contribution is 0.154. The minimum atomic E-state index is 0.00964. The van der Waals surface area contributed by atoms with Crippen LogP contribution >= 0.6 is 0 Å². The molecule has 0 aromatic carbocycles. The highest BCUT2D eigenvalue weighted by Crippen LogP contribution is 2.25. The van der Waals surface area contributed by atoms with Gasteiger partial charge in [-0.2, -0.15) is 0 Å². The van der Waals surface area contributed by atoms with E-state index >= 15 is 0 Å². The van der Waals surface area contributed by atoms with Gasteiger partial charge in [-0.25, -0.2) is 0 Å². The van der Waals surface area contributed by atoms with Crippen molar-refractivity contribution in [3.05, 3.63) is 0 Å². The van der Waals surface area contributed by atoms with Crippen molar-refractivity contribution < 1.29 is 9.84 Å². The number of hydrogen-bond donors (Lipinski definition) is 3. The van der Waals surface area contributed by atoms with Gasteiger partial charge in [-0.05, 0) is 39.2 Å². The van der Waals surface area contributed by atoms with Gasteiger partial charge in [0.1, 0.15) is 0 Å².